The molecule has 0 aromatic rings. The van der Waals surface area contributed by atoms with E-state index in [1.807, 2.05) is 6.92 Å². The molecular weight excluding hydrogens is 119 g/mol. The van der Waals surface area contributed by atoms with Gasteiger partial charge in [0.05, 0.1) is 0 Å². The van der Waals surface area contributed by atoms with Crippen molar-refractivity contribution in [2.75, 3.05) is 13.1 Å². The maximum atomic E-state index is 13.0. The molecule has 9 heavy (non-hydrogen) atoms. The quantitative estimate of drug-likeness (QED) is 0.585. The van der Waals surface area contributed by atoms with Crippen LogP contribution in [0.2, 0.25) is 0 Å². The van der Waals surface area contributed by atoms with Crippen LogP contribution >= 0.6 is 0 Å². The number of alkyl halides is 1. The largest absolute Gasteiger partial charge is 0.327 e. The maximum absolute atomic E-state index is 13.0. The summed E-state index contributed by atoms with van der Waals surface area (Å²) in [6, 6.07) is 0. The monoisotopic (exact) mass is 134 g/mol. The molecule has 2 nitrogen and oxygen atoms in total. The first kappa shape index (κ1) is 8.85. The average molecular weight is 134 g/mol. The predicted molar refractivity (Wildman–Crippen MR) is 36.9 cm³/mol. The lowest BCUT2D eigenvalue weighted by Gasteiger charge is -2.19. The molecule has 0 fully saturated rings. The second-order valence-electron chi connectivity index (χ2n) is 2.31. The molecule has 4 N–H and O–H groups in total. The molecule has 0 aliphatic rings. The van der Waals surface area contributed by atoms with Gasteiger partial charge in [0.2, 0.25) is 0 Å². The Labute approximate surface area is 55.4 Å². The first-order chi connectivity index (χ1) is 4.18. The fourth-order valence-electron chi connectivity index (χ4n) is 0.736. The molecule has 0 aliphatic carbocycles. The second-order valence-corrected chi connectivity index (χ2v) is 2.31. The Hall–Kier alpha value is -0.150. The van der Waals surface area contributed by atoms with E-state index in [0.717, 1.165) is 6.42 Å². The molecule has 0 aliphatic heterocycles. The Kier molecular flexibility index (Phi) is 3.73. The van der Waals surface area contributed by atoms with Crippen LogP contribution in [0.5, 0.6) is 0 Å². The first-order valence-electron chi connectivity index (χ1n) is 3.27. The van der Waals surface area contributed by atoms with Gasteiger partial charge in [-0.2, -0.15) is 0 Å². The predicted octanol–water partition coefficient (Wildman–Crippen LogP) is 0.412. The molecule has 0 amide bonds. The smallest absolute Gasteiger partial charge is 0.135 e. The van der Waals surface area contributed by atoms with Crippen molar-refractivity contribution in [3.63, 3.8) is 0 Å². The van der Waals surface area contributed by atoms with E-state index in [2.05, 4.69) is 0 Å². The lowest BCUT2D eigenvalue weighted by atomic mass is 10.0. The van der Waals surface area contributed by atoms with Gasteiger partial charge in [-0.05, 0) is 6.42 Å². The van der Waals surface area contributed by atoms with Crippen molar-refractivity contribution in [1.82, 2.24) is 0 Å². The minimum Gasteiger partial charge on any atom is -0.327 e. The summed E-state index contributed by atoms with van der Waals surface area (Å²) in [6.45, 7) is 1.99. The van der Waals surface area contributed by atoms with Crippen LogP contribution in [-0.2, 0) is 0 Å². The third-order valence-electron chi connectivity index (χ3n) is 1.43. The lowest BCUT2D eigenvalue weighted by Crippen LogP contribution is -2.40. The van der Waals surface area contributed by atoms with Gasteiger partial charge in [-0.1, -0.05) is 13.3 Å². The van der Waals surface area contributed by atoms with Gasteiger partial charge < -0.3 is 11.5 Å². The SMILES string of the molecule is CCCC(F)(CN)CN. The lowest BCUT2D eigenvalue weighted by molar-refractivity contribution is 0.169. The van der Waals surface area contributed by atoms with Gasteiger partial charge in [0.1, 0.15) is 5.67 Å². The van der Waals surface area contributed by atoms with E-state index in [0.29, 0.717) is 6.42 Å². The van der Waals surface area contributed by atoms with Gasteiger partial charge in [0.25, 0.3) is 0 Å². The highest BCUT2D eigenvalue weighted by atomic mass is 19.1. The topological polar surface area (TPSA) is 52.0 Å². The fraction of sp³-hybridized carbons (Fsp3) is 1.00. The van der Waals surface area contributed by atoms with E-state index in [1.54, 1.807) is 0 Å². The zero-order valence-electron chi connectivity index (χ0n) is 5.86. The molecule has 0 aromatic heterocycles. The minimum absolute atomic E-state index is 0.0390. The van der Waals surface area contributed by atoms with E-state index >= 15 is 0 Å². The van der Waals surface area contributed by atoms with E-state index in [1.165, 1.54) is 0 Å². The molecule has 0 saturated carbocycles. The standard InChI is InChI=1S/C6H15FN2/c1-2-3-6(7,4-8)5-9/h2-5,8-9H2,1H3. The summed E-state index contributed by atoms with van der Waals surface area (Å²) in [6.07, 6.45) is 1.27. The number of rotatable bonds is 4. The van der Waals surface area contributed by atoms with Crippen molar-refractivity contribution in [2.24, 2.45) is 11.5 Å². The van der Waals surface area contributed by atoms with Crippen LogP contribution in [0.25, 0.3) is 0 Å². The highest BCUT2D eigenvalue weighted by Crippen LogP contribution is 2.14. The summed E-state index contributed by atoms with van der Waals surface area (Å²) in [5.74, 6) is 0. The second kappa shape index (κ2) is 3.80. The van der Waals surface area contributed by atoms with Crippen LogP contribution in [0, 0.1) is 0 Å². The van der Waals surface area contributed by atoms with Crippen molar-refractivity contribution in [1.29, 1.82) is 0 Å². The van der Waals surface area contributed by atoms with Gasteiger partial charge in [-0.15, -0.1) is 0 Å². The number of hydrogen-bond acceptors (Lipinski definition) is 2. The van der Waals surface area contributed by atoms with Gasteiger partial charge in [-0.3, -0.25) is 0 Å². The molecular formula is C6H15FN2. The average Bonchev–Trinajstić information content (AvgIpc) is 1.89. The first-order valence-corrected chi connectivity index (χ1v) is 3.27. The van der Waals surface area contributed by atoms with Crippen LogP contribution < -0.4 is 11.5 Å². The van der Waals surface area contributed by atoms with Gasteiger partial charge >= 0.3 is 0 Å². The molecule has 0 aromatic carbocycles. The third-order valence-corrected chi connectivity index (χ3v) is 1.43. The van der Waals surface area contributed by atoms with Crippen molar-refractivity contribution in [2.45, 2.75) is 25.4 Å². The van der Waals surface area contributed by atoms with Crippen LogP contribution in [0.4, 0.5) is 4.39 Å². The van der Waals surface area contributed by atoms with Crippen molar-refractivity contribution in [3.8, 4) is 0 Å². The molecule has 0 saturated heterocycles. The highest BCUT2D eigenvalue weighted by Gasteiger charge is 2.23. The van der Waals surface area contributed by atoms with Crippen LogP contribution in [0.15, 0.2) is 0 Å². The third kappa shape index (κ3) is 2.77. The van der Waals surface area contributed by atoms with E-state index < -0.39 is 5.67 Å². The summed E-state index contributed by atoms with van der Waals surface area (Å²) >= 11 is 0. The molecule has 0 spiro atoms. The summed E-state index contributed by atoms with van der Waals surface area (Å²) in [7, 11) is 0. The summed E-state index contributed by atoms with van der Waals surface area (Å²) in [4.78, 5) is 0. The van der Waals surface area contributed by atoms with Crippen molar-refractivity contribution in [3.05, 3.63) is 0 Å². The van der Waals surface area contributed by atoms with E-state index in [4.69, 9.17) is 11.5 Å². The normalized spacial score (nSPS) is 12.0. The molecule has 0 atom stereocenters. The maximum Gasteiger partial charge on any atom is 0.135 e. The van der Waals surface area contributed by atoms with E-state index in [9.17, 15) is 4.39 Å². The molecule has 0 bridgehead atoms. The number of nitrogens with two attached hydrogens (primary N) is 2. The Morgan fingerprint density at radius 2 is 1.78 bits per heavy atom. The van der Waals surface area contributed by atoms with Crippen molar-refractivity contribution < 1.29 is 4.39 Å². The Balaban J connectivity index is 3.62. The molecule has 56 valence electrons. The summed E-state index contributed by atoms with van der Waals surface area (Å²) < 4.78 is 13.0. The Bertz CT molecular complexity index is 71.5. The molecule has 0 rings (SSSR count). The molecule has 0 unspecified atom stereocenters. The Morgan fingerprint density at radius 3 is 1.89 bits per heavy atom. The number of hydrogen-bond donors (Lipinski definition) is 2. The summed E-state index contributed by atoms with van der Waals surface area (Å²) in [5.41, 5.74) is 8.99. The molecule has 0 heterocycles. The van der Waals surface area contributed by atoms with E-state index in [-0.39, 0.29) is 13.1 Å². The molecule has 3 heteroatoms. The summed E-state index contributed by atoms with van der Waals surface area (Å²) in [5, 5.41) is 0. The zero-order chi connectivity index (χ0) is 7.33. The van der Waals surface area contributed by atoms with Crippen LogP contribution in [-0.4, -0.2) is 18.8 Å². The van der Waals surface area contributed by atoms with Crippen molar-refractivity contribution >= 4 is 0 Å². The fourth-order valence-corrected chi connectivity index (χ4v) is 0.736. The molecule has 0 radical (unpaired) electrons. The number of halogens is 1. The Morgan fingerprint density at radius 1 is 1.33 bits per heavy atom. The van der Waals surface area contributed by atoms with Crippen LogP contribution in [0.3, 0.4) is 0 Å². The highest BCUT2D eigenvalue weighted by molar-refractivity contribution is 4.80. The van der Waals surface area contributed by atoms with Gasteiger partial charge in [0.15, 0.2) is 0 Å². The van der Waals surface area contributed by atoms with Gasteiger partial charge in [0, 0.05) is 13.1 Å². The van der Waals surface area contributed by atoms with Crippen LogP contribution in [0.1, 0.15) is 19.8 Å². The van der Waals surface area contributed by atoms with Gasteiger partial charge in [-0.25, -0.2) is 4.39 Å². The minimum atomic E-state index is -1.31. The zero-order valence-corrected chi connectivity index (χ0v) is 5.86.